The molecule has 4 rings (SSSR count). The number of nitrogens with zero attached hydrogens (tertiary/aromatic N) is 2. The molecule has 1 fully saturated rings. The Balaban J connectivity index is 1.55. The highest BCUT2D eigenvalue weighted by atomic mass is 32.2. The molecule has 0 spiro atoms. The molecule has 0 bridgehead atoms. The van der Waals surface area contributed by atoms with E-state index in [2.05, 4.69) is 10.3 Å². The lowest BCUT2D eigenvalue weighted by Crippen LogP contribution is -2.33. The third-order valence-corrected chi connectivity index (χ3v) is 5.90. The minimum atomic E-state index is -0.572. The Hall–Kier alpha value is -3.58. The fourth-order valence-corrected chi connectivity index (χ4v) is 4.48. The number of para-hydroxylation sites is 4. The van der Waals surface area contributed by atoms with Crippen LogP contribution in [0, 0.1) is 0 Å². The van der Waals surface area contributed by atoms with E-state index in [1.165, 1.54) is 11.8 Å². The molecule has 1 aliphatic rings. The van der Waals surface area contributed by atoms with Crippen molar-refractivity contribution in [2.45, 2.75) is 18.6 Å². The van der Waals surface area contributed by atoms with E-state index < -0.39 is 5.25 Å². The molecule has 32 heavy (non-hydrogen) atoms. The Kier molecular flexibility index (Phi) is 6.87. The zero-order valence-corrected chi connectivity index (χ0v) is 18.4. The molecule has 6 nitrogen and oxygen atoms in total. The van der Waals surface area contributed by atoms with Crippen LogP contribution in [0.25, 0.3) is 0 Å². The van der Waals surface area contributed by atoms with Gasteiger partial charge in [-0.1, -0.05) is 60.3 Å². The van der Waals surface area contributed by atoms with Crippen molar-refractivity contribution < 1.29 is 14.3 Å². The number of aliphatic imine (C=N–C) groups is 1. The normalized spacial score (nSPS) is 16.9. The number of ether oxygens (including phenoxy) is 1. The number of amidine groups is 1. The average molecular weight is 446 g/mol. The molecule has 1 atom stereocenters. The summed E-state index contributed by atoms with van der Waals surface area (Å²) in [6.07, 6.45) is 0.0289. The van der Waals surface area contributed by atoms with E-state index in [4.69, 9.17) is 4.74 Å². The highest BCUT2D eigenvalue weighted by molar-refractivity contribution is 8.16. The summed E-state index contributed by atoms with van der Waals surface area (Å²) < 4.78 is 5.57. The second-order valence-electron chi connectivity index (χ2n) is 7.03. The van der Waals surface area contributed by atoms with Crippen LogP contribution in [0.15, 0.2) is 89.9 Å². The van der Waals surface area contributed by atoms with Gasteiger partial charge in [-0.25, -0.2) is 4.99 Å². The molecule has 1 unspecified atom stereocenters. The van der Waals surface area contributed by atoms with Crippen molar-refractivity contribution in [1.82, 2.24) is 0 Å². The summed E-state index contributed by atoms with van der Waals surface area (Å²) in [6, 6.07) is 26.1. The van der Waals surface area contributed by atoms with Crippen LogP contribution in [0.4, 0.5) is 17.1 Å². The molecular weight excluding hydrogens is 422 g/mol. The fourth-order valence-electron chi connectivity index (χ4n) is 3.32. The molecular formula is C25H23N3O3S. The molecule has 0 aromatic heterocycles. The standard InChI is InChI=1S/C25H23N3O3S/c1-2-31-21-16-10-9-15-20(21)27-23(29)17-22-24(30)28(19-13-7-4-8-14-19)25(32-22)26-18-11-5-3-6-12-18/h3-16,22H,2,17H2,1H3,(H,27,29). The molecule has 0 aliphatic carbocycles. The molecule has 3 aromatic rings. The first-order chi connectivity index (χ1) is 15.7. The fraction of sp³-hybridized carbons (Fsp3) is 0.160. The molecule has 3 aromatic carbocycles. The van der Waals surface area contributed by atoms with E-state index >= 15 is 0 Å². The van der Waals surface area contributed by atoms with Gasteiger partial charge in [0.05, 0.1) is 23.7 Å². The van der Waals surface area contributed by atoms with Gasteiger partial charge in [-0.3, -0.25) is 14.5 Å². The third kappa shape index (κ3) is 5.00. The Labute approximate surface area is 191 Å². The summed E-state index contributed by atoms with van der Waals surface area (Å²) in [5.74, 6) is 0.187. The number of anilines is 2. The van der Waals surface area contributed by atoms with Gasteiger partial charge in [0.1, 0.15) is 11.0 Å². The summed E-state index contributed by atoms with van der Waals surface area (Å²) >= 11 is 1.30. The lowest BCUT2D eigenvalue weighted by Gasteiger charge is -2.16. The summed E-state index contributed by atoms with van der Waals surface area (Å²) in [7, 11) is 0. The first kappa shape index (κ1) is 21.6. The first-order valence-electron chi connectivity index (χ1n) is 10.4. The van der Waals surface area contributed by atoms with Crippen molar-refractivity contribution in [3.63, 3.8) is 0 Å². The molecule has 1 aliphatic heterocycles. The largest absolute Gasteiger partial charge is 0.492 e. The second kappa shape index (κ2) is 10.2. The molecule has 1 saturated heterocycles. The van der Waals surface area contributed by atoms with Gasteiger partial charge < -0.3 is 10.1 Å². The summed E-state index contributed by atoms with van der Waals surface area (Å²) in [5.41, 5.74) is 2.07. The number of amides is 2. The zero-order chi connectivity index (χ0) is 22.3. The Bertz CT molecular complexity index is 1120. The van der Waals surface area contributed by atoms with Crippen LogP contribution in [-0.2, 0) is 9.59 Å². The van der Waals surface area contributed by atoms with Crippen molar-refractivity contribution in [2.24, 2.45) is 4.99 Å². The maximum absolute atomic E-state index is 13.3. The van der Waals surface area contributed by atoms with Crippen molar-refractivity contribution in [3.05, 3.63) is 84.9 Å². The number of carbonyl (C=O) groups excluding carboxylic acids is 2. The monoisotopic (exact) mass is 445 g/mol. The predicted octanol–water partition coefficient (Wildman–Crippen LogP) is 5.25. The number of hydrogen-bond donors (Lipinski definition) is 1. The highest BCUT2D eigenvalue weighted by Crippen LogP contribution is 2.35. The van der Waals surface area contributed by atoms with E-state index in [1.807, 2.05) is 79.7 Å². The van der Waals surface area contributed by atoms with E-state index in [9.17, 15) is 9.59 Å². The van der Waals surface area contributed by atoms with Gasteiger partial charge in [-0.05, 0) is 43.3 Å². The van der Waals surface area contributed by atoms with Crippen LogP contribution >= 0.6 is 11.8 Å². The Morgan fingerprint density at radius 3 is 2.38 bits per heavy atom. The minimum absolute atomic E-state index is 0.0289. The quantitative estimate of drug-likeness (QED) is 0.539. The number of thioether (sulfide) groups is 1. The number of hydrogen-bond acceptors (Lipinski definition) is 5. The summed E-state index contributed by atoms with van der Waals surface area (Å²) in [5, 5.41) is 2.86. The number of rotatable bonds is 7. The molecule has 1 N–H and O–H groups in total. The minimum Gasteiger partial charge on any atom is -0.492 e. The smallest absolute Gasteiger partial charge is 0.247 e. The van der Waals surface area contributed by atoms with E-state index in [-0.39, 0.29) is 18.2 Å². The van der Waals surface area contributed by atoms with Crippen molar-refractivity contribution in [3.8, 4) is 5.75 Å². The first-order valence-corrected chi connectivity index (χ1v) is 11.2. The van der Waals surface area contributed by atoms with Gasteiger partial charge in [-0.15, -0.1) is 0 Å². The maximum Gasteiger partial charge on any atom is 0.247 e. The molecule has 1 heterocycles. The third-order valence-electron chi connectivity index (χ3n) is 4.76. The van der Waals surface area contributed by atoms with Crippen LogP contribution in [0.2, 0.25) is 0 Å². The van der Waals surface area contributed by atoms with Crippen molar-refractivity contribution >= 4 is 45.8 Å². The molecule has 7 heteroatoms. The van der Waals surface area contributed by atoms with Gasteiger partial charge in [0.25, 0.3) is 0 Å². The van der Waals surface area contributed by atoms with Crippen LogP contribution in [0.3, 0.4) is 0 Å². The zero-order valence-electron chi connectivity index (χ0n) is 17.6. The lowest BCUT2D eigenvalue weighted by molar-refractivity contribution is -0.121. The van der Waals surface area contributed by atoms with E-state index in [0.29, 0.717) is 23.2 Å². The lowest BCUT2D eigenvalue weighted by atomic mass is 10.2. The average Bonchev–Trinajstić information content (AvgIpc) is 3.11. The molecule has 0 radical (unpaired) electrons. The topological polar surface area (TPSA) is 71.0 Å². The van der Waals surface area contributed by atoms with Gasteiger partial charge >= 0.3 is 0 Å². The number of benzene rings is 3. The van der Waals surface area contributed by atoms with Gasteiger partial charge in [0.15, 0.2) is 5.17 Å². The highest BCUT2D eigenvalue weighted by Gasteiger charge is 2.40. The second-order valence-corrected chi connectivity index (χ2v) is 8.20. The molecule has 162 valence electrons. The molecule has 2 amide bonds. The summed E-state index contributed by atoms with van der Waals surface area (Å²) in [4.78, 5) is 32.3. The van der Waals surface area contributed by atoms with Crippen LogP contribution in [0.5, 0.6) is 5.75 Å². The predicted molar refractivity (Wildman–Crippen MR) is 130 cm³/mol. The van der Waals surface area contributed by atoms with Gasteiger partial charge in [0, 0.05) is 6.42 Å². The maximum atomic E-state index is 13.3. The Morgan fingerprint density at radius 2 is 1.66 bits per heavy atom. The van der Waals surface area contributed by atoms with Crippen LogP contribution < -0.4 is 15.0 Å². The molecule has 0 saturated carbocycles. The Morgan fingerprint density at radius 1 is 1.00 bits per heavy atom. The van der Waals surface area contributed by atoms with Gasteiger partial charge in [-0.2, -0.15) is 0 Å². The van der Waals surface area contributed by atoms with E-state index in [1.54, 1.807) is 17.0 Å². The number of carbonyl (C=O) groups is 2. The van der Waals surface area contributed by atoms with Crippen LogP contribution in [-0.4, -0.2) is 28.8 Å². The van der Waals surface area contributed by atoms with Crippen LogP contribution in [0.1, 0.15) is 13.3 Å². The van der Waals surface area contributed by atoms with Crippen molar-refractivity contribution in [2.75, 3.05) is 16.8 Å². The van der Waals surface area contributed by atoms with Crippen molar-refractivity contribution in [1.29, 1.82) is 0 Å². The summed E-state index contributed by atoms with van der Waals surface area (Å²) in [6.45, 7) is 2.38. The number of nitrogens with one attached hydrogen (secondary N) is 1. The SMILES string of the molecule is CCOc1ccccc1NC(=O)CC1SC(=Nc2ccccc2)N(c2ccccc2)C1=O. The van der Waals surface area contributed by atoms with E-state index in [0.717, 1.165) is 11.4 Å². The van der Waals surface area contributed by atoms with Gasteiger partial charge in [0.2, 0.25) is 11.8 Å².